The number of ketones is 1. The Kier molecular flexibility index (Phi) is 10.7. The van der Waals surface area contributed by atoms with Gasteiger partial charge < -0.3 is 4.90 Å². The van der Waals surface area contributed by atoms with Gasteiger partial charge in [0, 0.05) is 6.20 Å². The van der Waals surface area contributed by atoms with Crippen LogP contribution in [-0.2, 0) is 0 Å². The summed E-state index contributed by atoms with van der Waals surface area (Å²) in [4.78, 5) is 20.4. The zero-order valence-electron chi connectivity index (χ0n) is 16.7. The van der Waals surface area contributed by atoms with Crippen molar-refractivity contribution in [3.8, 4) is 0 Å². The predicted octanol–water partition coefficient (Wildman–Crippen LogP) is 6.15. The third-order valence-electron chi connectivity index (χ3n) is 4.45. The van der Waals surface area contributed by atoms with Crippen LogP contribution < -0.4 is 0 Å². The Hall–Kier alpha value is -1.17. The van der Waals surface area contributed by atoms with Crippen molar-refractivity contribution in [1.82, 2.24) is 9.88 Å². The molecule has 0 bridgehead atoms. The molecule has 0 N–H and O–H groups in total. The van der Waals surface area contributed by atoms with E-state index in [-0.39, 0.29) is 5.78 Å². The summed E-state index contributed by atoms with van der Waals surface area (Å²) >= 11 is 3.21. The smallest absolute Gasteiger partial charge is 0.205 e. The van der Waals surface area contributed by atoms with Crippen molar-refractivity contribution in [2.75, 3.05) is 25.4 Å². The van der Waals surface area contributed by atoms with E-state index < -0.39 is 0 Å². The summed E-state index contributed by atoms with van der Waals surface area (Å²) in [5.41, 5.74) is 0.736. The maximum absolute atomic E-state index is 12.6. The molecule has 0 saturated carbocycles. The number of thiophene rings is 1. The average molecular weight is 405 g/mol. The molecule has 2 heterocycles. The van der Waals surface area contributed by atoms with E-state index in [0.717, 1.165) is 21.2 Å². The third-order valence-corrected chi connectivity index (χ3v) is 6.41. The van der Waals surface area contributed by atoms with Gasteiger partial charge in [-0.2, -0.15) is 0 Å². The first-order valence-electron chi connectivity index (χ1n) is 10.1. The van der Waals surface area contributed by atoms with Gasteiger partial charge in [0.1, 0.15) is 5.03 Å². The van der Waals surface area contributed by atoms with Crippen LogP contribution in [0.4, 0.5) is 0 Å². The predicted molar refractivity (Wildman–Crippen MR) is 118 cm³/mol. The number of rotatable bonds is 14. The summed E-state index contributed by atoms with van der Waals surface area (Å²) in [6, 6.07) is 7.55. The minimum Gasteiger partial charge on any atom is -0.303 e. The molecule has 0 aliphatic rings. The highest BCUT2D eigenvalue weighted by atomic mass is 32.2. The van der Waals surface area contributed by atoms with Crippen LogP contribution in [0.1, 0.15) is 67.6 Å². The fourth-order valence-electron chi connectivity index (χ4n) is 3.15. The molecule has 0 atom stereocenters. The summed E-state index contributed by atoms with van der Waals surface area (Å²) < 4.78 is 0. The van der Waals surface area contributed by atoms with Crippen molar-refractivity contribution in [2.24, 2.45) is 0 Å². The van der Waals surface area contributed by atoms with Gasteiger partial charge in [-0.1, -0.05) is 32.8 Å². The number of aromatic nitrogens is 1. The van der Waals surface area contributed by atoms with E-state index in [1.165, 1.54) is 69.5 Å². The van der Waals surface area contributed by atoms with E-state index in [1.807, 2.05) is 29.6 Å². The Morgan fingerprint density at radius 3 is 2.52 bits per heavy atom. The lowest BCUT2D eigenvalue weighted by Crippen LogP contribution is -2.26. The third kappa shape index (κ3) is 7.76. The van der Waals surface area contributed by atoms with Crippen LogP contribution in [0.2, 0.25) is 0 Å². The second-order valence-corrected chi connectivity index (χ2v) is 8.80. The highest BCUT2D eigenvalue weighted by molar-refractivity contribution is 7.99. The van der Waals surface area contributed by atoms with Crippen molar-refractivity contribution in [3.05, 3.63) is 46.3 Å². The van der Waals surface area contributed by atoms with Crippen LogP contribution in [0.5, 0.6) is 0 Å². The first-order chi connectivity index (χ1) is 13.3. The minimum atomic E-state index is 0.0903. The van der Waals surface area contributed by atoms with E-state index >= 15 is 0 Å². The van der Waals surface area contributed by atoms with Crippen LogP contribution in [0.15, 0.2) is 40.9 Å². The Labute approximate surface area is 172 Å². The average Bonchev–Trinajstić information content (AvgIpc) is 3.22. The van der Waals surface area contributed by atoms with Gasteiger partial charge in [-0.25, -0.2) is 4.98 Å². The molecule has 0 aliphatic carbocycles. The van der Waals surface area contributed by atoms with Gasteiger partial charge in [-0.3, -0.25) is 4.79 Å². The number of unbranched alkanes of at least 4 members (excludes halogenated alkanes) is 3. The number of pyridine rings is 1. The van der Waals surface area contributed by atoms with Gasteiger partial charge in [0.15, 0.2) is 0 Å². The molecule has 0 unspecified atom stereocenters. The van der Waals surface area contributed by atoms with E-state index in [9.17, 15) is 4.79 Å². The lowest BCUT2D eigenvalue weighted by atomic mass is 10.1. The van der Waals surface area contributed by atoms with Crippen molar-refractivity contribution in [2.45, 2.75) is 57.4 Å². The Bertz CT molecular complexity index is 652. The van der Waals surface area contributed by atoms with Crippen molar-refractivity contribution in [3.63, 3.8) is 0 Å². The lowest BCUT2D eigenvalue weighted by Gasteiger charge is -2.20. The van der Waals surface area contributed by atoms with E-state index in [0.29, 0.717) is 0 Å². The standard InChI is InChI=1S/C22H32N2OS2/c1-3-14-24(15-4-2)16-7-5-6-8-17-27-22-19(11-9-13-23-22)21(25)20-12-10-18-26-20/h9-13,18H,3-8,14-17H2,1-2H3. The quantitative estimate of drug-likeness (QED) is 0.215. The number of hydrogen-bond acceptors (Lipinski definition) is 5. The summed E-state index contributed by atoms with van der Waals surface area (Å²) in [7, 11) is 0. The Morgan fingerprint density at radius 1 is 1.04 bits per heavy atom. The molecule has 0 radical (unpaired) electrons. The normalized spacial score (nSPS) is 11.2. The maximum atomic E-state index is 12.6. The number of carbonyl (C=O) groups is 1. The molecule has 2 rings (SSSR count). The molecular weight excluding hydrogens is 372 g/mol. The van der Waals surface area contributed by atoms with Crippen molar-refractivity contribution >= 4 is 28.9 Å². The summed E-state index contributed by atoms with van der Waals surface area (Å²) in [5, 5.41) is 2.81. The summed E-state index contributed by atoms with van der Waals surface area (Å²) in [6.07, 6.45) is 9.27. The number of thioether (sulfide) groups is 1. The highest BCUT2D eigenvalue weighted by Crippen LogP contribution is 2.25. The van der Waals surface area contributed by atoms with Gasteiger partial charge in [0.25, 0.3) is 0 Å². The van der Waals surface area contributed by atoms with Crippen LogP contribution in [0.25, 0.3) is 0 Å². The molecule has 0 fully saturated rings. The molecule has 0 aliphatic heterocycles. The molecule has 2 aromatic heterocycles. The second-order valence-electron chi connectivity index (χ2n) is 6.77. The van der Waals surface area contributed by atoms with Crippen LogP contribution >= 0.6 is 23.1 Å². The van der Waals surface area contributed by atoms with Crippen LogP contribution in [-0.4, -0.2) is 41.1 Å². The summed E-state index contributed by atoms with van der Waals surface area (Å²) in [5.74, 6) is 1.11. The topological polar surface area (TPSA) is 33.2 Å². The van der Waals surface area contributed by atoms with Gasteiger partial charge in [0.05, 0.1) is 10.4 Å². The zero-order valence-corrected chi connectivity index (χ0v) is 18.3. The molecule has 0 amide bonds. The van der Waals surface area contributed by atoms with Crippen molar-refractivity contribution in [1.29, 1.82) is 0 Å². The molecule has 27 heavy (non-hydrogen) atoms. The lowest BCUT2D eigenvalue weighted by molar-refractivity contribution is 0.103. The fourth-order valence-corrected chi connectivity index (χ4v) is 4.82. The van der Waals surface area contributed by atoms with Gasteiger partial charge >= 0.3 is 0 Å². The molecular formula is C22H32N2OS2. The van der Waals surface area contributed by atoms with Gasteiger partial charge in [-0.05, 0) is 74.6 Å². The van der Waals surface area contributed by atoms with Gasteiger partial charge in [0.2, 0.25) is 5.78 Å². The van der Waals surface area contributed by atoms with Gasteiger partial charge in [-0.15, -0.1) is 23.1 Å². The molecule has 148 valence electrons. The Balaban J connectivity index is 1.70. The number of hydrogen-bond donors (Lipinski definition) is 0. The molecule has 2 aromatic rings. The van der Waals surface area contributed by atoms with E-state index in [2.05, 4.69) is 23.7 Å². The zero-order chi connectivity index (χ0) is 19.3. The van der Waals surface area contributed by atoms with E-state index in [1.54, 1.807) is 18.0 Å². The molecule has 0 aromatic carbocycles. The minimum absolute atomic E-state index is 0.0903. The first-order valence-corrected chi connectivity index (χ1v) is 12.0. The maximum Gasteiger partial charge on any atom is 0.205 e. The monoisotopic (exact) mass is 404 g/mol. The van der Waals surface area contributed by atoms with Crippen molar-refractivity contribution < 1.29 is 4.79 Å². The highest BCUT2D eigenvalue weighted by Gasteiger charge is 2.15. The second kappa shape index (κ2) is 13.1. The fraction of sp³-hybridized carbons (Fsp3) is 0.545. The van der Waals surface area contributed by atoms with Crippen LogP contribution in [0, 0.1) is 0 Å². The number of carbonyl (C=O) groups excluding carboxylic acids is 1. The number of nitrogens with zero attached hydrogens (tertiary/aromatic N) is 2. The van der Waals surface area contributed by atoms with Crippen LogP contribution in [0.3, 0.4) is 0 Å². The first kappa shape index (κ1) is 22.1. The van der Waals surface area contributed by atoms with E-state index in [4.69, 9.17) is 0 Å². The Morgan fingerprint density at radius 2 is 1.81 bits per heavy atom. The molecule has 0 saturated heterocycles. The molecule has 3 nitrogen and oxygen atoms in total. The molecule has 5 heteroatoms. The summed E-state index contributed by atoms with van der Waals surface area (Å²) in [6.45, 7) is 8.20. The SMILES string of the molecule is CCCN(CCC)CCCCCCSc1ncccc1C(=O)c1cccs1. The largest absolute Gasteiger partial charge is 0.303 e. The molecule has 0 spiro atoms.